The lowest BCUT2D eigenvalue weighted by Crippen LogP contribution is -2.46. The molecule has 2 aromatic rings. The Morgan fingerprint density at radius 2 is 1.83 bits per heavy atom. The van der Waals surface area contributed by atoms with Gasteiger partial charge >= 0.3 is 11.8 Å². The molecular weight excluding hydrogens is 717 g/mol. The van der Waals surface area contributed by atoms with E-state index in [0.717, 1.165) is 25.7 Å². The van der Waals surface area contributed by atoms with Crippen LogP contribution >= 0.6 is 8.53 Å². The predicted octanol–water partition coefficient (Wildman–Crippen LogP) is 7.32. The summed E-state index contributed by atoms with van der Waals surface area (Å²) in [6, 6.07) is 12.2. The van der Waals surface area contributed by atoms with Crippen molar-refractivity contribution in [3.63, 3.8) is 0 Å². The molecule has 1 fully saturated rings. The fourth-order valence-corrected chi connectivity index (χ4v) is 8.95. The lowest BCUT2D eigenvalue weighted by molar-refractivity contribution is -0.0644. The second-order valence-corrected chi connectivity index (χ2v) is 20.3. The number of nitrogens with one attached hydrogen (secondary N) is 1. The molecule has 0 spiro atoms. The largest absolute Gasteiger partial charge is 0.508 e. The Kier molecular flexibility index (Phi) is 16.2. The van der Waals surface area contributed by atoms with Gasteiger partial charge in [0.2, 0.25) is 0 Å². The molecule has 1 aliphatic carbocycles. The molecule has 2 aliphatic rings. The van der Waals surface area contributed by atoms with Gasteiger partial charge < -0.3 is 33.0 Å². The van der Waals surface area contributed by atoms with Crippen molar-refractivity contribution in [1.29, 1.82) is 5.26 Å². The molecule has 1 amide bonds. The van der Waals surface area contributed by atoms with Crippen molar-refractivity contribution in [3.8, 4) is 6.07 Å². The maximum Gasteiger partial charge on any atom is 0.508 e. The highest BCUT2D eigenvalue weighted by molar-refractivity contribution is 7.44. The third-order valence-corrected chi connectivity index (χ3v) is 11.5. The van der Waals surface area contributed by atoms with Gasteiger partial charge in [0.05, 0.1) is 19.1 Å². The van der Waals surface area contributed by atoms with Crippen molar-refractivity contribution in [2.45, 2.75) is 129 Å². The number of carbonyl (C=O) groups is 2. The standard InChI is InChI=1S/C37H54N5O9PSi/c1-26(2)42(27(3)4)52(47-24-16-22-38)50-32-30(25-46-37(45)48-29-19-14-9-8-10-15-20-29)49-35(33(32)51-53(5,6)7)41-23-21-31(40-36(41)44)39-34(43)28-17-12-11-13-18-28/h11-14,17-19,21,23,26-27,29-30,32-33,35H,8-10,15-16,20,24-25H2,1-7H3,(H,39,40,43,44)/b19-14+/t29?,30-,32-,33?,35-,52?/m1/s1. The normalized spacial score (nSPS) is 23.2. The highest BCUT2D eigenvalue weighted by atomic mass is 31.2. The van der Waals surface area contributed by atoms with E-state index in [9.17, 15) is 19.6 Å². The van der Waals surface area contributed by atoms with Crippen LogP contribution in [0.15, 0.2) is 59.5 Å². The van der Waals surface area contributed by atoms with E-state index < -0.39 is 65.2 Å². The van der Waals surface area contributed by atoms with Crippen LogP contribution in [-0.2, 0) is 27.7 Å². The van der Waals surface area contributed by atoms with Gasteiger partial charge in [-0.05, 0) is 97.3 Å². The molecule has 290 valence electrons. The van der Waals surface area contributed by atoms with Crippen LogP contribution in [0, 0.1) is 11.3 Å². The van der Waals surface area contributed by atoms with Crippen LogP contribution in [0.4, 0.5) is 10.6 Å². The number of rotatable bonds is 16. The maximum absolute atomic E-state index is 13.7. The van der Waals surface area contributed by atoms with E-state index >= 15 is 0 Å². The summed E-state index contributed by atoms with van der Waals surface area (Å²) in [5, 5.41) is 11.9. The Morgan fingerprint density at radius 3 is 2.49 bits per heavy atom. The van der Waals surface area contributed by atoms with Gasteiger partial charge in [-0.1, -0.05) is 30.7 Å². The second kappa shape index (κ2) is 20.3. The molecule has 6 atom stereocenters. The third-order valence-electron chi connectivity index (χ3n) is 8.35. The Labute approximate surface area is 314 Å². The van der Waals surface area contributed by atoms with Gasteiger partial charge in [-0.2, -0.15) is 10.2 Å². The number of nitriles is 1. The number of hydrogen-bond acceptors (Lipinski definition) is 12. The summed E-state index contributed by atoms with van der Waals surface area (Å²) in [5.74, 6) is -0.345. The highest BCUT2D eigenvalue weighted by Gasteiger charge is 2.51. The molecule has 4 rings (SSSR count). The van der Waals surface area contributed by atoms with Gasteiger partial charge in [0.25, 0.3) is 14.4 Å². The van der Waals surface area contributed by atoms with Gasteiger partial charge in [-0.3, -0.25) is 9.36 Å². The van der Waals surface area contributed by atoms with Gasteiger partial charge in [-0.15, -0.1) is 0 Å². The van der Waals surface area contributed by atoms with Crippen molar-refractivity contribution in [1.82, 2.24) is 14.2 Å². The molecule has 1 aliphatic heterocycles. The minimum atomic E-state index is -2.38. The van der Waals surface area contributed by atoms with Crippen LogP contribution in [0.25, 0.3) is 0 Å². The fraction of sp³-hybridized carbons (Fsp3) is 0.595. The molecule has 1 aromatic heterocycles. The minimum Gasteiger partial charge on any atom is -0.431 e. The van der Waals surface area contributed by atoms with Crippen molar-refractivity contribution in [2.24, 2.45) is 0 Å². The van der Waals surface area contributed by atoms with E-state index in [2.05, 4.69) is 21.0 Å². The van der Waals surface area contributed by atoms with E-state index in [-0.39, 0.29) is 37.5 Å². The molecule has 2 heterocycles. The Morgan fingerprint density at radius 1 is 1.09 bits per heavy atom. The second-order valence-electron chi connectivity index (χ2n) is 14.5. The summed E-state index contributed by atoms with van der Waals surface area (Å²) in [6.45, 7) is 14.0. The fourth-order valence-electron chi connectivity index (χ4n) is 6.11. The average Bonchev–Trinajstić information content (AvgIpc) is 3.39. The average molecular weight is 772 g/mol. The van der Waals surface area contributed by atoms with Crippen LogP contribution in [0.2, 0.25) is 19.6 Å². The van der Waals surface area contributed by atoms with Crippen LogP contribution < -0.4 is 11.0 Å². The Bertz CT molecular complexity index is 1610. The highest BCUT2D eigenvalue weighted by Crippen LogP contribution is 2.50. The third kappa shape index (κ3) is 12.8. The zero-order valence-corrected chi connectivity index (χ0v) is 33.7. The Balaban J connectivity index is 1.67. The number of amides is 1. The van der Waals surface area contributed by atoms with Gasteiger partial charge in [0.1, 0.15) is 36.8 Å². The predicted molar refractivity (Wildman–Crippen MR) is 204 cm³/mol. The molecule has 1 saturated heterocycles. The van der Waals surface area contributed by atoms with E-state index in [4.69, 9.17) is 27.7 Å². The minimum absolute atomic E-state index is 0.00430. The monoisotopic (exact) mass is 771 g/mol. The summed E-state index contributed by atoms with van der Waals surface area (Å²) in [6.07, 6.45) is 5.34. The summed E-state index contributed by atoms with van der Waals surface area (Å²) >= 11 is 0. The van der Waals surface area contributed by atoms with Crippen molar-refractivity contribution in [2.75, 3.05) is 18.5 Å². The maximum atomic E-state index is 13.7. The lowest BCUT2D eigenvalue weighted by Gasteiger charge is -2.39. The first-order chi connectivity index (χ1) is 25.3. The number of nitrogens with zero attached hydrogens (tertiary/aromatic N) is 4. The first kappa shape index (κ1) is 42.3. The molecule has 3 unspecified atom stereocenters. The van der Waals surface area contributed by atoms with Crippen molar-refractivity contribution >= 4 is 34.7 Å². The van der Waals surface area contributed by atoms with E-state index in [0.29, 0.717) is 12.0 Å². The SMILES string of the molecule is CC(C)N(C(C)C)P(OCCC#N)O[C@H]1C(O[Si](C)(C)C)[C@H](n2ccc(NC(=O)c3ccccc3)nc2=O)O[C@@H]1COC(=O)OC1/C=C/CCCCC1. The number of aromatic nitrogens is 2. The summed E-state index contributed by atoms with van der Waals surface area (Å²) in [4.78, 5) is 43.6. The summed E-state index contributed by atoms with van der Waals surface area (Å²) in [5.41, 5.74) is -0.280. The zero-order valence-electron chi connectivity index (χ0n) is 31.8. The lowest BCUT2D eigenvalue weighted by atomic mass is 10.0. The van der Waals surface area contributed by atoms with Crippen LogP contribution in [0.3, 0.4) is 0 Å². The van der Waals surface area contributed by atoms with E-state index in [1.165, 1.54) is 16.8 Å². The van der Waals surface area contributed by atoms with Crippen LogP contribution in [0.1, 0.15) is 82.8 Å². The molecular formula is C37H54N5O9PSi. The summed E-state index contributed by atoms with van der Waals surface area (Å²) < 4.78 is 41.1. The van der Waals surface area contributed by atoms with Crippen molar-refractivity contribution in [3.05, 3.63) is 70.8 Å². The molecule has 16 heteroatoms. The molecule has 0 bridgehead atoms. The topological polar surface area (TPSA) is 163 Å². The molecule has 0 radical (unpaired) electrons. The quantitative estimate of drug-likeness (QED) is 0.0596. The van der Waals surface area contributed by atoms with Crippen LogP contribution in [0.5, 0.6) is 0 Å². The van der Waals surface area contributed by atoms with Gasteiger partial charge in [0, 0.05) is 23.8 Å². The van der Waals surface area contributed by atoms with Gasteiger partial charge in [-0.25, -0.2) is 14.3 Å². The number of hydrogen-bond donors (Lipinski definition) is 1. The first-order valence-corrected chi connectivity index (χ1v) is 22.8. The molecule has 14 nitrogen and oxygen atoms in total. The van der Waals surface area contributed by atoms with Crippen LogP contribution in [-0.4, -0.2) is 84.3 Å². The van der Waals surface area contributed by atoms with E-state index in [1.54, 1.807) is 30.3 Å². The van der Waals surface area contributed by atoms with Crippen molar-refractivity contribution < 1.29 is 37.3 Å². The van der Waals surface area contributed by atoms with E-state index in [1.807, 2.05) is 59.5 Å². The Hall–Kier alpha value is -3.48. The summed E-state index contributed by atoms with van der Waals surface area (Å²) in [7, 11) is -4.17. The van der Waals surface area contributed by atoms with Gasteiger partial charge in [0.15, 0.2) is 14.5 Å². The number of carbonyl (C=O) groups excluding carboxylic acids is 2. The number of allylic oxidation sites excluding steroid dienone is 1. The molecule has 1 aromatic carbocycles. The first-order valence-electron chi connectivity index (χ1n) is 18.3. The number of benzene rings is 1. The number of anilines is 1. The number of ether oxygens (including phenoxy) is 3. The smallest absolute Gasteiger partial charge is 0.431 e. The molecule has 1 N–H and O–H groups in total. The zero-order chi connectivity index (χ0) is 38.5. The molecule has 53 heavy (non-hydrogen) atoms. The molecule has 0 saturated carbocycles.